The second-order valence-corrected chi connectivity index (χ2v) is 4.86. The first-order valence-electron chi connectivity index (χ1n) is 6.17. The van der Waals surface area contributed by atoms with Gasteiger partial charge in [0, 0.05) is 0 Å². The standard InChI is InChI=1S/C13H21NO4/c1-6-9-11(12(15)16-7-2)18-10(14-9)8-17-13(3,4)5/h6-8H2,1-5H3. The molecular weight excluding hydrogens is 234 g/mol. The number of oxazole rings is 1. The maximum Gasteiger partial charge on any atom is 0.376 e. The van der Waals surface area contributed by atoms with Crippen LogP contribution >= 0.6 is 0 Å². The molecule has 102 valence electrons. The van der Waals surface area contributed by atoms with Crippen LogP contribution < -0.4 is 0 Å². The van der Waals surface area contributed by atoms with Crippen LogP contribution in [-0.4, -0.2) is 23.2 Å². The Balaban J connectivity index is 2.80. The van der Waals surface area contributed by atoms with E-state index in [1.807, 2.05) is 27.7 Å². The highest BCUT2D eigenvalue weighted by molar-refractivity contribution is 5.87. The van der Waals surface area contributed by atoms with E-state index >= 15 is 0 Å². The van der Waals surface area contributed by atoms with Crippen molar-refractivity contribution in [2.45, 2.75) is 53.2 Å². The minimum atomic E-state index is -0.469. The van der Waals surface area contributed by atoms with Crippen LogP contribution in [0.15, 0.2) is 4.42 Å². The van der Waals surface area contributed by atoms with Crippen LogP contribution in [0.5, 0.6) is 0 Å². The Hall–Kier alpha value is -1.36. The van der Waals surface area contributed by atoms with E-state index in [-0.39, 0.29) is 18.0 Å². The predicted molar refractivity (Wildman–Crippen MR) is 66.4 cm³/mol. The van der Waals surface area contributed by atoms with Crippen LogP contribution in [0.1, 0.15) is 56.8 Å². The zero-order chi connectivity index (χ0) is 13.8. The van der Waals surface area contributed by atoms with E-state index < -0.39 is 5.97 Å². The molecule has 1 aromatic heterocycles. The van der Waals surface area contributed by atoms with Crippen molar-refractivity contribution in [1.82, 2.24) is 4.98 Å². The van der Waals surface area contributed by atoms with Crippen LogP contribution in [0.25, 0.3) is 0 Å². The third-order valence-electron chi connectivity index (χ3n) is 2.17. The summed E-state index contributed by atoms with van der Waals surface area (Å²) in [5, 5.41) is 0. The molecule has 0 amide bonds. The summed E-state index contributed by atoms with van der Waals surface area (Å²) in [4.78, 5) is 15.9. The lowest BCUT2D eigenvalue weighted by molar-refractivity contribution is -0.0247. The van der Waals surface area contributed by atoms with E-state index in [9.17, 15) is 4.79 Å². The molecule has 0 unspecified atom stereocenters. The molecule has 5 heteroatoms. The van der Waals surface area contributed by atoms with Gasteiger partial charge in [0.25, 0.3) is 0 Å². The third kappa shape index (κ3) is 4.14. The van der Waals surface area contributed by atoms with E-state index in [0.717, 1.165) is 0 Å². The summed E-state index contributed by atoms with van der Waals surface area (Å²) in [7, 11) is 0. The summed E-state index contributed by atoms with van der Waals surface area (Å²) in [6.07, 6.45) is 0.618. The molecule has 0 aliphatic carbocycles. The number of carbonyl (C=O) groups excluding carboxylic acids is 1. The molecular formula is C13H21NO4. The molecule has 0 atom stereocenters. The lowest BCUT2D eigenvalue weighted by Crippen LogP contribution is -2.18. The first-order chi connectivity index (χ1) is 8.37. The lowest BCUT2D eigenvalue weighted by Gasteiger charge is -2.17. The Bertz CT molecular complexity index is 404. The summed E-state index contributed by atoms with van der Waals surface area (Å²) in [6.45, 7) is 10.1. The van der Waals surface area contributed by atoms with E-state index in [0.29, 0.717) is 24.6 Å². The number of hydrogen-bond donors (Lipinski definition) is 0. The average molecular weight is 255 g/mol. The van der Waals surface area contributed by atoms with E-state index in [2.05, 4.69) is 4.98 Å². The van der Waals surface area contributed by atoms with Crippen molar-refractivity contribution in [1.29, 1.82) is 0 Å². The summed E-state index contributed by atoms with van der Waals surface area (Å²) in [5.41, 5.74) is 0.339. The lowest BCUT2D eigenvalue weighted by atomic mass is 10.2. The van der Waals surface area contributed by atoms with Crippen molar-refractivity contribution in [3.8, 4) is 0 Å². The molecule has 0 radical (unpaired) electrons. The smallest absolute Gasteiger partial charge is 0.376 e. The monoisotopic (exact) mass is 255 g/mol. The molecule has 0 N–H and O–H groups in total. The van der Waals surface area contributed by atoms with Crippen LogP contribution in [0.4, 0.5) is 0 Å². The van der Waals surface area contributed by atoms with Crippen molar-refractivity contribution in [3.05, 3.63) is 17.3 Å². The van der Waals surface area contributed by atoms with Gasteiger partial charge in [-0.1, -0.05) is 6.92 Å². The molecule has 18 heavy (non-hydrogen) atoms. The summed E-state index contributed by atoms with van der Waals surface area (Å²) < 4.78 is 15.9. The van der Waals surface area contributed by atoms with Gasteiger partial charge in [-0.05, 0) is 34.1 Å². The van der Waals surface area contributed by atoms with E-state index in [4.69, 9.17) is 13.9 Å². The first kappa shape index (κ1) is 14.7. The van der Waals surface area contributed by atoms with Gasteiger partial charge >= 0.3 is 5.97 Å². The van der Waals surface area contributed by atoms with Crippen molar-refractivity contribution in [2.75, 3.05) is 6.61 Å². The largest absolute Gasteiger partial charge is 0.460 e. The maximum absolute atomic E-state index is 11.6. The van der Waals surface area contributed by atoms with Crippen molar-refractivity contribution in [2.24, 2.45) is 0 Å². The molecule has 0 saturated heterocycles. The van der Waals surface area contributed by atoms with Gasteiger partial charge in [-0.3, -0.25) is 0 Å². The number of ether oxygens (including phenoxy) is 2. The number of aryl methyl sites for hydroxylation is 1. The molecule has 1 heterocycles. The highest BCUT2D eigenvalue weighted by atomic mass is 16.5. The maximum atomic E-state index is 11.6. The van der Waals surface area contributed by atoms with Crippen molar-refractivity contribution < 1.29 is 18.7 Å². The minimum Gasteiger partial charge on any atom is -0.460 e. The first-order valence-corrected chi connectivity index (χ1v) is 6.17. The number of esters is 1. The van der Waals surface area contributed by atoms with Gasteiger partial charge < -0.3 is 13.9 Å². The SMILES string of the molecule is CCOC(=O)c1oc(COC(C)(C)C)nc1CC. The number of aromatic nitrogens is 1. The van der Waals surface area contributed by atoms with Gasteiger partial charge in [0.2, 0.25) is 11.7 Å². The highest BCUT2D eigenvalue weighted by Gasteiger charge is 2.21. The van der Waals surface area contributed by atoms with E-state index in [1.165, 1.54) is 0 Å². The fourth-order valence-electron chi connectivity index (χ4n) is 1.34. The molecule has 0 spiro atoms. The Kier molecular flexibility index (Phi) is 4.90. The molecule has 0 saturated carbocycles. The Morgan fingerprint density at radius 3 is 2.50 bits per heavy atom. The average Bonchev–Trinajstić information content (AvgIpc) is 2.69. The van der Waals surface area contributed by atoms with Gasteiger partial charge in [0.05, 0.1) is 17.9 Å². The third-order valence-corrected chi connectivity index (χ3v) is 2.17. The van der Waals surface area contributed by atoms with Gasteiger partial charge in [0.15, 0.2) is 0 Å². The van der Waals surface area contributed by atoms with Gasteiger partial charge in [-0.2, -0.15) is 0 Å². The minimum absolute atomic E-state index is 0.187. The Labute approximate surface area is 107 Å². The van der Waals surface area contributed by atoms with Gasteiger partial charge in [-0.25, -0.2) is 9.78 Å². The topological polar surface area (TPSA) is 61.6 Å². The van der Waals surface area contributed by atoms with Gasteiger partial charge in [0.1, 0.15) is 6.61 Å². The summed E-state index contributed by atoms with van der Waals surface area (Å²) in [5.74, 6) is 0.126. The molecule has 0 bridgehead atoms. The second kappa shape index (κ2) is 6.00. The molecule has 1 aromatic rings. The molecule has 0 aliphatic heterocycles. The van der Waals surface area contributed by atoms with Crippen molar-refractivity contribution in [3.63, 3.8) is 0 Å². The van der Waals surface area contributed by atoms with Gasteiger partial charge in [-0.15, -0.1) is 0 Å². The highest BCUT2D eigenvalue weighted by Crippen LogP contribution is 2.17. The molecule has 5 nitrogen and oxygen atoms in total. The van der Waals surface area contributed by atoms with Crippen molar-refractivity contribution >= 4 is 5.97 Å². The number of rotatable bonds is 5. The van der Waals surface area contributed by atoms with Crippen LogP contribution in [0.3, 0.4) is 0 Å². The molecule has 0 fully saturated rings. The second-order valence-electron chi connectivity index (χ2n) is 4.86. The van der Waals surface area contributed by atoms with Crippen LogP contribution in [0, 0.1) is 0 Å². The molecule has 0 aromatic carbocycles. The number of hydrogen-bond acceptors (Lipinski definition) is 5. The zero-order valence-corrected chi connectivity index (χ0v) is 11.7. The summed E-state index contributed by atoms with van der Waals surface area (Å²) in [6, 6.07) is 0. The number of nitrogens with zero attached hydrogens (tertiary/aromatic N) is 1. The molecule has 0 aliphatic rings. The summed E-state index contributed by atoms with van der Waals surface area (Å²) >= 11 is 0. The van der Waals surface area contributed by atoms with Crippen LogP contribution in [0.2, 0.25) is 0 Å². The molecule has 1 rings (SSSR count). The quantitative estimate of drug-likeness (QED) is 0.757. The zero-order valence-electron chi connectivity index (χ0n) is 11.7. The fourth-order valence-corrected chi connectivity index (χ4v) is 1.34. The Morgan fingerprint density at radius 1 is 1.33 bits per heavy atom. The fraction of sp³-hybridized carbons (Fsp3) is 0.692. The van der Waals surface area contributed by atoms with E-state index in [1.54, 1.807) is 6.92 Å². The normalized spacial score (nSPS) is 11.6. The predicted octanol–water partition coefficient (Wildman–Crippen LogP) is 2.73. The van der Waals surface area contributed by atoms with Crippen LogP contribution in [-0.2, 0) is 22.5 Å². The Morgan fingerprint density at radius 2 is 2.00 bits per heavy atom. The number of carbonyl (C=O) groups is 1.